The summed E-state index contributed by atoms with van der Waals surface area (Å²) >= 11 is 6.01. The van der Waals surface area contributed by atoms with Gasteiger partial charge in [0.25, 0.3) is 0 Å². The van der Waals surface area contributed by atoms with E-state index in [1.807, 2.05) is 49.4 Å². The molecule has 2 spiro atoms. The lowest BCUT2D eigenvalue weighted by molar-refractivity contribution is -0.186. The zero-order valence-electron chi connectivity index (χ0n) is 16.9. The van der Waals surface area contributed by atoms with Crippen LogP contribution in [0.3, 0.4) is 0 Å². The molecule has 2 aliphatic heterocycles. The van der Waals surface area contributed by atoms with E-state index < -0.39 is 17.2 Å². The molecule has 1 unspecified atom stereocenters. The average Bonchev–Trinajstić information content (AvgIpc) is 3.29. The van der Waals surface area contributed by atoms with E-state index in [2.05, 4.69) is 5.32 Å². The Hall–Kier alpha value is -2.21. The van der Waals surface area contributed by atoms with Crippen LogP contribution < -0.4 is 5.32 Å². The summed E-state index contributed by atoms with van der Waals surface area (Å²) in [5.74, 6) is -1.59. The van der Waals surface area contributed by atoms with E-state index in [1.165, 1.54) is 0 Å². The van der Waals surface area contributed by atoms with Gasteiger partial charge in [-0.05, 0) is 60.2 Å². The summed E-state index contributed by atoms with van der Waals surface area (Å²) in [6, 6.07) is 13.5. The third-order valence-corrected chi connectivity index (χ3v) is 7.06. The van der Waals surface area contributed by atoms with E-state index in [4.69, 9.17) is 21.1 Å². The Morgan fingerprint density at radius 2 is 1.57 bits per heavy atom. The van der Waals surface area contributed by atoms with Crippen molar-refractivity contribution in [3.05, 3.63) is 58.6 Å². The summed E-state index contributed by atoms with van der Waals surface area (Å²) in [5, 5.41) is 3.72. The van der Waals surface area contributed by atoms with Crippen molar-refractivity contribution < 1.29 is 19.1 Å². The van der Waals surface area contributed by atoms with E-state index >= 15 is 0 Å². The van der Waals surface area contributed by atoms with Gasteiger partial charge in [0.15, 0.2) is 11.6 Å². The van der Waals surface area contributed by atoms with Gasteiger partial charge in [-0.3, -0.25) is 9.59 Å². The van der Waals surface area contributed by atoms with Crippen LogP contribution in [-0.4, -0.2) is 36.2 Å². The average molecular weight is 426 g/mol. The Kier molecular flexibility index (Phi) is 4.73. The maximum Gasteiger partial charge on any atom is 0.235 e. The van der Waals surface area contributed by atoms with Crippen LogP contribution in [0.2, 0.25) is 5.02 Å². The number of hydrogen-bond donors (Lipinski definition) is 1. The Morgan fingerprint density at radius 3 is 2.23 bits per heavy atom. The van der Waals surface area contributed by atoms with Gasteiger partial charge < -0.3 is 14.8 Å². The molecule has 2 aromatic carbocycles. The number of hydrogen-bond acceptors (Lipinski definition) is 4. The molecule has 0 bridgehead atoms. The molecule has 156 valence electrons. The lowest BCUT2D eigenvalue weighted by Crippen LogP contribution is -2.53. The Morgan fingerprint density at radius 1 is 0.933 bits per heavy atom. The number of ether oxygens (including phenoxy) is 2. The maximum absolute atomic E-state index is 13.6. The Bertz CT molecular complexity index is 1000. The fourth-order valence-electron chi connectivity index (χ4n) is 5.04. The quantitative estimate of drug-likeness (QED) is 0.734. The number of nitrogens with one attached hydrogen (secondary N) is 1. The molecular formula is C24H24ClNO4. The van der Waals surface area contributed by atoms with Crippen LogP contribution in [0.15, 0.2) is 42.5 Å². The summed E-state index contributed by atoms with van der Waals surface area (Å²) in [4.78, 5) is 26.6. The van der Waals surface area contributed by atoms with Crippen LogP contribution in [-0.2, 0) is 19.1 Å². The lowest BCUT2D eigenvalue weighted by Gasteiger charge is -2.40. The van der Waals surface area contributed by atoms with Crippen molar-refractivity contribution in [2.75, 3.05) is 13.2 Å². The molecule has 0 aromatic heterocycles. The number of rotatable bonds is 2. The highest BCUT2D eigenvalue weighted by molar-refractivity contribution is 6.30. The standard InChI is InChI=1S/C24H24ClNO4/c1-15-2-3-17(16-4-6-18(25)7-5-16)14-19(15)20-21(27)23(26-22(20)28)8-10-24(11-9-23)29-12-13-30-24/h2-7,14,20H,8-13H2,1H3,(H,26,28). The zero-order valence-corrected chi connectivity index (χ0v) is 17.6. The first-order valence-electron chi connectivity index (χ1n) is 10.4. The largest absolute Gasteiger partial charge is 0.348 e. The van der Waals surface area contributed by atoms with E-state index in [-0.39, 0.29) is 11.7 Å². The second kappa shape index (κ2) is 7.19. The number of halogens is 1. The molecule has 1 aliphatic carbocycles. The number of amides is 1. The Labute approximate surface area is 180 Å². The van der Waals surface area contributed by atoms with Crippen molar-refractivity contribution >= 4 is 23.3 Å². The van der Waals surface area contributed by atoms with E-state index in [9.17, 15) is 9.59 Å². The maximum atomic E-state index is 13.6. The molecule has 3 fully saturated rings. The van der Waals surface area contributed by atoms with Crippen LogP contribution >= 0.6 is 11.6 Å². The topological polar surface area (TPSA) is 64.6 Å². The van der Waals surface area contributed by atoms with Gasteiger partial charge in [0.1, 0.15) is 11.5 Å². The smallest absolute Gasteiger partial charge is 0.235 e. The minimum Gasteiger partial charge on any atom is -0.348 e. The number of aryl methyl sites for hydroxylation is 1. The summed E-state index contributed by atoms with van der Waals surface area (Å²) < 4.78 is 11.6. The van der Waals surface area contributed by atoms with Crippen LogP contribution in [0.4, 0.5) is 0 Å². The van der Waals surface area contributed by atoms with Gasteiger partial charge in [-0.1, -0.05) is 35.9 Å². The van der Waals surface area contributed by atoms with Gasteiger partial charge >= 0.3 is 0 Å². The van der Waals surface area contributed by atoms with Crippen LogP contribution in [0.1, 0.15) is 42.7 Å². The first-order valence-corrected chi connectivity index (χ1v) is 10.8. The monoisotopic (exact) mass is 425 g/mol. The number of carbonyl (C=O) groups is 2. The lowest BCUT2D eigenvalue weighted by atomic mass is 9.74. The van der Waals surface area contributed by atoms with E-state index in [0.29, 0.717) is 43.9 Å². The van der Waals surface area contributed by atoms with Crippen LogP contribution in [0.25, 0.3) is 11.1 Å². The molecule has 1 atom stereocenters. The molecule has 2 aromatic rings. The molecule has 5 rings (SSSR count). The SMILES string of the molecule is Cc1ccc(-c2ccc(Cl)cc2)cc1C1C(=O)NC2(CCC3(CC2)OCCO3)C1=O. The molecule has 0 radical (unpaired) electrons. The van der Waals surface area contributed by atoms with Crippen LogP contribution in [0, 0.1) is 6.92 Å². The first kappa shape index (κ1) is 19.7. The third-order valence-electron chi connectivity index (χ3n) is 6.81. The summed E-state index contributed by atoms with van der Waals surface area (Å²) in [5.41, 5.74) is 2.86. The van der Waals surface area contributed by atoms with Gasteiger partial charge in [-0.2, -0.15) is 0 Å². The second-order valence-electron chi connectivity index (χ2n) is 8.55. The molecule has 2 heterocycles. The number of benzene rings is 2. The molecule has 5 nitrogen and oxygen atoms in total. The van der Waals surface area contributed by atoms with Gasteiger partial charge in [0, 0.05) is 17.9 Å². The van der Waals surface area contributed by atoms with Crippen molar-refractivity contribution in [1.82, 2.24) is 5.32 Å². The zero-order chi connectivity index (χ0) is 20.9. The van der Waals surface area contributed by atoms with E-state index in [1.54, 1.807) is 0 Å². The van der Waals surface area contributed by atoms with E-state index in [0.717, 1.165) is 22.3 Å². The molecule has 30 heavy (non-hydrogen) atoms. The molecule has 1 saturated carbocycles. The van der Waals surface area contributed by atoms with Gasteiger partial charge in [-0.15, -0.1) is 0 Å². The molecule has 2 saturated heterocycles. The molecule has 1 amide bonds. The van der Waals surface area contributed by atoms with Gasteiger partial charge in [0.2, 0.25) is 5.91 Å². The third kappa shape index (κ3) is 3.16. The molecule has 3 aliphatic rings. The second-order valence-corrected chi connectivity index (χ2v) is 8.99. The minimum absolute atomic E-state index is 0.0308. The van der Waals surface area contributed by atoms with Crippen molar-refractivity contribution in [2.45, 2.75) is 49.9 Å². The molecule has 1 N–H and O–H groups in total. The molecular weight excluding hydrogens is 402 g/mol. The predicted octanol–water partition coefficient (Wildman–Crippen LogP) is 4.15. The first-order chi connectivity index (χ1) is 14.4. The highest BCUT2D eigenvalue weighted by atomic mass is 35.5. The summed E-state index contributed by atoms with van der Waals surface area (Å²) in [7, 11) is 0. The van der Waals surface area contributed by atoms with Gasteiger partial charge in [-0.25, -0.2) is 0 Å². The highest BCUT2D eigenvalue weighted by Crippen LogP contribution is 2.45. The van der Waals surface area contributed by atoms with Crippen LogP contribution in [0.5, 0.6) is 0 Å². The Balaban J connectivity index is 1.44. The van der Waals surface area contributed by atoms with Gasteiger partial charge in [0.05, 0.1) is 13.2 Å². The fraction of sp³-hybridized carbons (Fsp3) is 0.417. The van der Waals surface area contributed by atoms with Crippen molar-refractivity contribution in [1.29, 1.82) is 0 Å². The van der Waals surface area contributed by atoms with Crippen molar-refractivity contribution in [3.8, 4) is 11.1 Å². The normalized spacial score (nSPS) is 24.5. The molecule has 6 heteroatoms. The summed E-state index contributed by atoms with van der Waals surface area (Å²) in [6.45, 7) is 3.13. The number of ketones is 1. The fourth-order valence-corrected chi connectivity index (χ4v) is 5.16. The minimum atomic E-state index is -0.814. The van der Waals surface area contributed by atoms with Crippen molar-refractivity contribution in [3.63, 3.8) is 0 Å². The highest BCUT2D eigenvalue weighted by Gasteiger charge is 2.57. The summed E-state index contributed by atoms with van der Waals surface area (Å²) in [6.07, 6.45) is 2.33. The predicted molar refractivity (Wildman–Crippen MR) is 113 cm³/mol. The van der Waals surface area contributed by atoms with Crippen molar-refractivity contribution in [2.24, 2.45) is 0 Å². The number of carbonyl (C=O) groups excluding carboxylic acids is 2. The number of Topliss-reactive ketones (excluding diaryl/α,β-unsaturated/α-hetero) is 1.